The number of rotatable bonds is 7. The molecule has 2 fully saturated rings. The predicted molar refractivity (Wildman–Crippen MR) is 63.6 cm³/mol. The zero-order valence-electron chi connectivity index (χ0n) is 10.3. The summed E-state index contributed by atoms with van der Waals surface area (Å²) in [5, 5.41) is 3.63. The molecule has 3 unspecified atom stereocenters. The van der Waals surface area contributed by atoms with Crippen LogP contribution in [-0.4, -0.2) is 64.1 Å². The predicted octanol–water partition coefficient (Wildman–Crippen LogP) is 0.333. The van der Waals surface area contributed by atoms with Gasteiger partial charge in [0.25, 0.3) is 0 Å². The summed E-state index contributed by atoms with van der Waals surface area (Å²) in [7, 11) is 1.70. The Morgan fingerprint density at radius 1 is 1.19 bits per heavy atom. The van der Waals surface area contributed by atoms with E-state index in [9.17, 15) is 0 Å². The molecule has 2 rings (SSSR count). The molecule has 0 aromatic carbocycles. The lowest BCUT2D eigenvalue weighted by atomic mass is 9.94. The molecule has 4 heteroatoms. The highest BCUT2D eigenvalue weighted by Crippen LogP contribution is 2.26. The number of fused-ring (bicyclic) bond motifs is 2. The molecule has 0 aromatic heterocycles. The molecule has 2 saturated heterocycles. The van der Waals surface area contributed by atoms with E-state index in [-0.39, 0.29) is 0 Å². The summed E-state index contributed by atoms with van der Waals surface area (Å²) in [4.78, 5) is 2.58. The van der Waals surface area contributed by atoms with E-state index < -0.39 is 0 Å². The third kappa shape index (κ3) is 3.42. The first-order chi connectivity index (χ1) is 7.90. The van der Waals surface area contributed by atoms with Gasteiger partial charge in [-0.1, -0.05) is 0 Å². The molecule has 2 bridgehead atoms. The van der Waals surface area contributed by atoms with Gasteiger partial charge in [-0.2, -0.15) is 0 Å². The summed E-state index contributed by atoms with van der Waals surface area (Å²) in [5.41, 5.74) is 0. The minimum Gasteiger partial charge on any atom is -0.382 e. The van der Waals surface area contributed by atoms with Gasteiger partial charge in [-0.25, -0.2) is 0 Å². The standard InChI is InChI=1S/C12H24N2O2/c1-15-8-9-16-7-4-13-12-3-6-14-5-2-11(12)10-14/h11-13H,2-10H2,1H3. The third-order valence-corrected chi connectivity index (χ3v) is 3.72. The lowest BCUT2D eigenvalue weighted by Crippen LogP contribution is -2.44. The van der Waals surface area contributed by atoms with Crippen molar-refractivity contribution < 1.29 is 9.47 Å². The van der Waals surface area contributed by atoms with Crippen LogP contribution >= 0.6 is 0 Å². The second-order valence-corrected chi connectivity index (χ2v) is 4.80. The van der Waals surface area contributed by atoms with Crippen molar-refractivity contribution in [3.05, 3.63) is 0 Å². The van der Waals surface area contributed by atoms with E-state index in [1.807, 2.05) is 0 Å². The van der Waals surface area contributed by atoms with Gasteiger partial charge in [0.05, 0.1) is 19.8 Å². The Morgan fingerprint density at radius 2 is 2.06 bits per heavy atom. The van der Waals surface area contributed by atoms with Crippen LogP contribution in [-0.2, 0) is 9.47 Å². The molecule has 16 heavy (non-hydrogen) atoms. The van der Waals surface area contributed by atoms with Crippen molar-refractivity contribution in [1.29, 1.82) is 0 Å². The van der Waals surface area contributed by atoms with Crippen LogP contribution in [0.15, 0.2) is 0 Å². The first-order valence-electron chi connectivity index (χ1n) is 6.42. The van der Waals surface area contributed by atoms with Gasteiger partial charge < -0.3 is 19.7 Å². The zero-order chi connectivity index (χ0) is 11.2. The average Bonchev–Trinajstić information content (AvgIpc) is 2.69. The number of methoxy groups -OCH3 is 1. The van der Waals surface area contributed by atoms with Crippen LogP contribution in [0.1, 0.15) is 12.8 Å². The molecule has 2 aliphatic heterocycles. The molecule has 0 amide bonds. The molecule has 0 saturated carbocycles. The van der Waals surface area contributed by atoms with Crippen molar-refractivity contribution in [2.45, 2.75) is 18.9 Å². The second-order valence-electron chi connectivity index (χ2n) is 4.80. The second kappa shape index (κ2) is 6.55. The molecule has 1 N–H and O–H groups in total. The van der Waals surface area contributed by atoms with E-state index in [4.69, 9.17) is 9.47 Å². The fourth-order valence-corrected chi connectivity index (χ4v) is 2.78. The molecule has 3 atom stereocenters. The van der Waals surface area contributed by atoms with Gasteiger partial charge in [0.15, 0.2) is 0 Å². The van der Waals surface area contributed by atoms with Gasteiger partial charge >= 0.3 is 0 Å². The van der Waals surface area contributed by atoms with E-state index in [0.717, 1.165) is 25.1 Å². The van der Waals surface area contributed by atoms with Crippen LogP contribution in [0.4, 0.5) is 0 Å². The Bertz CT molecular complexity index is 201. The minimum absolute atomic E-state index is 0.695. The van der Waals surface area contributed by atoms with Crippen molar-refractivity contribution in [3.63, 3.8) is 0 Å². The molecule has 2 aliphatic rings. The van der Waals surface area contributed by atoms with E-state index in [1.54, 1.807) is 7.11 Å². The number of piperidine rings is 1. The largest absolute Gasteiger partial charge is 0.382 e. The van der Waals surface area contributed by atoms with Crippen LogP contribution in [0.3, 0.4) is 0 Å². The summed E-state index contributed by atoms with van der Waals surface area (Å²) < 4.78 is 10.4. The van der Waals surface area contributed by atoms with Crippen molar-refractivity contribution in [2.24, 2.45) is 5.92 Å². The quantitative estimate of drug-likeness (QED) is 0.637. The Labute approximate surface area is 98.3 Å². The average molecular weight is 228 g/mol. The normalized spacial score (nSPS) is 33.2. The molecular weight excluding hydrogens is 204 g/mol. The maximum Gasteiger partial charge on any atom is 0.0700 e. The lowest BCUT2D eigenvalue weighted by Gasteiger charge is -2.31. The summed E-state index contributed by atoms with van der Waals surface area (Å²) in [6.45, 7) is 7.08. The van der Waals surface area contributed by atoms with Gasteiger partial charge in [-0.15, -0.1) is 0 Å². The van der Waals surface area contributed by atoms with Crippen LogP contribution < -0.4 is 5.32 Å². The molecule has 0 aromatic rings. The summed E-state index contributed by atoms with van der Waals surface area (Å²) in [6.07, 6.45) is 2.69. The van der Waals surface area contributed by atoms with Crippen LogP contribution in [0, 0.1) is 5.92 Å². The van der Waals surface area contributed by atoms with Crippen LogP contribution in [0.25, 0.3) is 0 Å². The molecule has 4 nitrogen and oxygen atoms in total. The number of nitrogens with zero attached hydrogens (tertiary/aromatic N) is 1. The number of hydrogen-bond donors (Lipinski definition) is 1. The van der Waals surface area contributed by atoms with E-state index in [1.165, 1.54) is 32.5 Å². The molecule has 0 aliphatic carbocycles. The molecule has 94 valence electrons. The summed E-state index contributed by atoms with van der Waals surface area (Å²) in [5.74, 6) is 0.882. The van der Waals surface area contributed by atoms with Crippen molar-refractivity contribution in [2.75, 3.05) is 53.1 Å². The Morgan fingerprint density at radius 3 is 2.94 bits per heavy atom. The third-order valence-electron chi connectivity index (χ3n) is 3.72. The van der Waals surface area contributed by atoms with Crippen molar-refractivity contribution in [3.8, 4) is 0 Å². The molecular formula is C12H24N2O2. The minimum atomic E-state index is 0.695. The van der Waals surface area contributed by atoms with Gasteiger partial charge in [-0.3, -0.25) is 0 Å². The topological polar surface area (TPSA) is 33.7 Å². The fraction of sp³-hybridized carbons (Fsp3) is 1.00. The zero-order valence-corrected chi connectivity index (χ0v) is 10.3. The van der Waals surface area contributed by atoms with Gasteiger partial charge in [0.2, 0.25) is 0 Å². The van der Waals surface area contributed by atoms with Crippen LogP contribution in [0.5, 0.6) is 0 Å². The number of nitrogens with one attached hydrogen (secondary N) is 1. The van der Waals surface area contributed by atoms with E-state index in [0.29, 0.717) is 13.2 Å². The van der Waals surface area contributed by atoms with Crippen LogP contribution in [0.2, 0.25) is 0 Å². The maximum absolute atomic E-state index is 5.45. The van der Waals surface area contributed by atoms with E-state index >= 15 is 0 Å². The Kier molecular flexibility index (Phi) is 5.03. The first-order valence-corrected chi connectivity index (χ1v) is 6.42. The first kappa shape index (κ1) is 12.3. The van der Waals surface area contributed by atoms with E-state index in [2.05, 4.69) is 10.2 Å². The smallest absolute Gasteiger partial charge is 0.0700 e. The highest BCUT2D eigenvalue weighted by molar-refractivity contribution is 4.90. The van der Waals surface area contributed by atoms with Gasteiger partial charge in [-0.05, 0) is 31.8 Å². The monoisotopic (exact) mass is 228 g/mol. The maximum atomic E-state index is 5.45. The Hall–Kier alpha value is -0.160. The fourth-order valence-electron chi connectivity index (χ4n) is 2.78. The SMILES string of the molecule is COCCOCCNC1CCN2CCC1C2. The van der Waals surface area contributed by atoms with Crippen molar-refractivity contribution in [1.82, 2.24) is 10.2 Å². The van der Waals surface area contributed by atoms with Gasteiger partial charge in [0, 0.05) is 26.2 Å². The summed E-state index contributed by atoms with van der Waals surface area (Å²) in [6, 6.07) is 0.727. The molecule has 0 spiro atoms. The Balaban J connectivity index is 1.52. The van der Waals surface area contributed by atoms with Gasteiger partial charge in [0.1, 0.15) is 0 Å². The number of ether oxygens (including phenoxy) is 2. The highest BCUT2D eigenvalue weighted by atomic mass is 16.5. The van der Waals surface area contributed by atoms with Crippen molar-refractivity contribution >= 4 is 0 Å². The lowest BCUT2D eigenvalue weighted by molar-refractivity contribution is 0.0693. The molecule has 2 heterocycles. The summed E-state index contributed by atoms with van der Waals surface area (Å²) >= 11 is 0. The highest BCUT2D eigenvalue weighted by Gasteiger charge is 2.33. The number of hydrogen-bond acceptors (Lipinski definition) is 4. The molecule has 0 radical (unpaired) electrons.